The van der Waals surface area contributed by atoms with E-state index in [1.54, 1.807) is 6.20 Å². The molecule has 2 fully saturated rings. The van der Waals surface area contributed by atoms with Crippen molar-refractivity contribution < 1.29 is 4.21 Å². The number of hydrogen-bond acceptors (Lipinski definition) is 6. The van der Waals surface area contributed by atoms with Gasteiger partial charge >= 0.3 is 0 Å². The number of fused-ring (bicyclic) bond motifs is 1. The minimum absolute atomic E-state index is 0.132. The molecule has 2 aromatic rings. The van der Waals surface area contributed by atoms with Crippen molar-refractivity contribution in [2.45, 2.75) is 135 Å². The molecule has 0 aliphatic heterocycles. The maximum absolute atomic E-state index is 12.4. The maximum atomic E-state index is 12.4. The Bertz CT molecular complexity index is 1820. The fourth-order valence-corrected chi connectivity index (χ4v) is 8.64. The van der Waals surface area contributed by atoms with Gasteiger partial charge < -0.3 is 20.3 Å². The standard InChI is InChI=1S/C33H51N4P.C12H20N2OS/c1-10-13-14-15-21-37(9)26(8)34-24(6)17-16-18-28-22-31(25(7)35-30(12-3)23(4)5)36-32-29(28)20-19-27(11-2)33(32)38;1-5-13-12(8-9-12)10(2)14-16(4,15)11(3)6-7-11/h10,12,19-20,22-24,34H,1,8,11,13-18,21,38H2,2-7,9H3;5,13H,1-2,4,6-9H2,3H3,(H,14,15)/b30-12-,35-25?;. The van der Waals surface area contributed by atoms with Crippen LogP contribution in [0, 0.1) is 5.92 Å². The van der Waals surface area contributed by atoms with Crippen LogP contribution in [0.3, 0.4) is 0 Å². The van der Waals surface area contributed by atoms with Gasteiger partial charge in [0.2, 0.25) is 0 Å². The van der Waals surface area contributed by atoms with E-state index in [1.165, 1.54) is 28.2 Å². The van der Waals surface area contributed by atoms with Crippen molar-refractivity contribution in [3.8, 4) is 0 Å². The predicted molar refractivity (Wildman–Crippen MR) is 243 cm³/mol. The minimum atomic E-state index is -2.27. The molecule has 3 atom stereocenters. The number of hydrogen-bond donors (Lipinski definition) is 3. The van der Waals surface area contributed by atoms with Crippen LogP contribution in [0.4, 0.5) is 0 Å². The van der Waals surface area contributed by atoms with Gasteiger partial charge in [-0.1, -0.05) is 64.8 Å². The summed E-state index contributed by atoms with van der Waals surface area (Å²) in [4.78, 5) is 12.3. The van der Waals surface area contributed by atoms with Crippen molar-refractivity contribution in [2.24, 2.45) is 10.9 Å². The highest BCUT2D eigenvalue weighted by Crippen LogP contribution is 2.45. The Morgan fingerprint density at radius 3 is 2.35 bits per heavy atom. The normalized spacial score (nSPS) is 17.4. The van der Waals surface area contributed by atoms with Gasteiger partial charge in [-0.15, -0.1) is 15.8 Å². The molecule has 298 valence electrons. The zero-order valence-corrected chi connectivity index (χ0v) is 36.8. The van der Waals surface area contributed by atoms with Gasteiger partial charge in [0.15, 0.2) is 0 Å². The van der Waals surface area contributed by atoms with E-state index in [2.05, 4.69) is 135 Å². The highest BCUT2D eigenvalue weighted by atomic mass is 32.2. The fraction of sp³-hybridized carbons (Fsp3) is 0.533. The van der Waals surface area contributed by atoms with E-state index in [9.17, 15) is 4.21 Å². The monoisotopic (exact) mass is 775 g/mol. The highest BCUT2D eigenvalue weighted by molar-refractivity contribution is 8.00. The van der Waals surface area contributed by atoms with Gasteiger partial charge in [0, 0.05) is 36.4 Å². The van der Waals surface area contributed by atoms with Crippen LogP contribution in [0.2, 0.25) is 0 Å². The van der Waals surface area contributed by atoms with E-state index in [0.29, 0.717) is 12.0 Å². The fourth-order valence-electron chi connectivity index (χ4n) is 6.52. The average Bonchev–Trinajstić information content (AvgIpc) is 4.07. The summed E-state index contributed by atoms with van der Waals surface area (Å²) in [5, 5.41) is 9.24. The molecule has 1 aromatic carbocycles. The van der Waals surface area contributed by atoms with Gasteiger partial charge in [0.05, 0.1) is 42.7 Å². The van der Waals surface area contributed by atoms with Crippen LogP contribution >= 0.6 is 9.24 Å². The second-order valence-corrected chi connectivity index (χ2v) is 19.0. The Hall–Kier alpha value is -3.35. The predicted octanol–water partition coefficient (Wildman–Crippen LogP) is 9.27. The number of benzene rings is 1. The SMILES string of the molecule is C=CCCCCN(C)C(=C)NC(C)CCCc1cc(C(C)=N/C(=C\C)C(C)C)nc2c(P)c(CC)ccc12.C=CNC1(C(=C)NS(=C)(=O)C2(C)CC2)CC1. The minimum Gasteiger partial charge on any atom is -0.380 e. The molecule has 1 aromatic heterocycles. The summed E-state index contributed by atoms with van der Waals surface area (Å²) in [7, 11) is 2.79. The van der Waals surface area contributed by atoms with Crippen molar-refractivity contribution in [1.82, 2.24) is 25.2 Å². The molecule has 9 heteroatoms. The van der Waals surface area contributed by atoms with Crippen LogP contribution in [-0.4, -0.2) is 55.6 Å². The molecule has 1 heterocycles. The van der Waals surface area contributed by atoms with Crippen LogP contribution in [0.5, 0.6) is 0 Å². The third kappa shape index (κ3) is 12.1. The average molecular weight is 775 g/mol. The Labute approximate surface area is 331 Å². The summed E-state index contributed by atoms with van der Waals surface area (Å²) in [6.45, 7) is 31.7. The molecule has 3 N–H and O–H groups in total. The molecule has 2 aliphatic rings. The lowest BCUT2D eigenvalue weighted by Gasteiger charge is -2.26. The molecule has 2 aliphatic carbocycles. The van der Waals surface area contributed by atoms with Crippen molar-refractivity contribution >= 4 is 46.7 Å². The number of aryl methyl sites for hydroxylation is 2. The third-order valence-electron chi connectivity index (χ3n) is 11.0. The van der Waals surface area contributed by atoms with Crippen LogP contribution in [0.1, 0.15) is 123 Å². The van der Waals surface area contributed by atoms with Gasteiger partial charge in [0.25, 0.3) is 0 Å². The smallest absolute Gasteiger partial charge is 0.0938 e. The number of aliphatic imine (C=N–C) groups is 1. The molecule has 0 saturated heterocycles. The molecule has 54 heavy (non-hydrogen) atoms. The van der Waals surface area contributed by atoms with E-state index in [4.69, 9.17) is 9.98 Å². The van der Waals surface area contributed by atoms with E-state index < -0.39 is 9.71 Å². The summed E-state index contributed by atoms with van der Waals surface area (Å²) >= 11 is 0. The number of rotatable bonds is 22. The van der Waals surface area contributed by atoms with Crippen molar-refractivity contribution in [1.29, 1.82) is 0 Å². The first-order chi connectivity index (χ1) is 25.5. The molecule has 2 saturated carbocycles. The zero-order valence-electron chi connectivity index (χ0n) is 34.9. The van der Waals surface area contributed by atoms with Gasteiger partial charge in [-0.2, -0.15) is 0 Å². The third-order valence-corrected chi connectivity index (χ3v) is 14.2. The highest BCUT2D eigenvalue weighted by Gasteiger charge is 2.50. The Kier molecular flexibility index (Phi) is 16.7. The number of nitrogens with one attached hydrogen (secondary N) is 3. The first-order valence-corrected chi connectivity index (χ1v) is 22.2. The summed E-state index contributed by atoms with van der Waals surface area (Å²) in [5.74, 6) is 5.23. The first-order valence-electron chi connectivity index (χ1n) is 19.9. The van der Waals surface area contributed by atoms with E-state index in [0.717, 1.165) is 105 Å². The number of pyridine rings is 1. The topological polar surface area (TPSA) is 81.7 Å². The second-order valence-electron chi connectivity index (χ2n) is 15.8. The van der Waals surface area contributed by atoms with Crippen LogP contribution in [0.15, 0.2) is 85.1 Å². The molecule has 0 bridgehead atoms. The van der Waals surface area contributed by atoms with Gasteiger partial charge in [-0.05, 0) is 139 Å². The van der Waals surface area contributed by atoms with Crippen LogP contribution in [-0.2, 0) is 22.5 Å². The van der Waals surface area contributed by atoms with Gasteiger partial charge in [-0.25, -0.2) is 9.19 Å². The molecular formula is C45H71N6OPS. The first kappa shape index (κ1) is 45.0. The summed E-state index contributed by atoms with van der Waals surface area (Å²) in [5.41, 5.74) is 7.47. The Morgan fingerprint density at radius 2 is 1.80 bits per heavy atom. The maximum Gasteiger partial charge on any atom is 0.0938 e. The number of nitrogens with zero attached hydrogens (tertiary/aromatic N) is 3. The number of aromatic nitrogens is 1. The molecule has 0 radical (unpaired) electrons. The molecule has 7 nitrogen and oxygen atoms in total. The van der Waals surface area contributed by atoms with Crippen molar-refractivity contribution in [3.63, 3.8) is 0 Å². The summed E-state index contributed by atoms with van der Waals surface area (Å²) in [6.07, 6.45) is 17.3. The van der Waals surface area contributed by atoms with Gasteiger partial charge in [-0.3, -0.25) is 4.99 Å². The molecule has 3 unspecified atom stereocenters. The molecule has 0 spiro atoms. The zero-order chi connectivity index (χ0) is 40.3. The molecular weight excluding hydrogens is 704 g/mol. The largest absolute Gasteiger partial charge is 0.380 e. The Balaban J connectivity index is 0.000000404. The lowest BCUT2D eigenvalue weighted by atomic mass is 9.98. The Morgan fingerprint density at radius 1 is 1.11 bits per heavy atom. The van der Waals surface area contributed by atoms with E-state index in [-0.39, 0.29) is 10.3 Å². The van der Waals surface area contributed by atoms with Gasteiger partial charge in [0.1, 0.15) is 0 Å². The lowest BCUT2D eigenvalue weighted by molar-refractivity contribution is 0.355. The van der Waals surface area contributed by atoms with Crippen LogP contribution in [0.25, 0.3) is 10.9 Å². The van der Waals surface area contributed by atoms with Crippen LogP contribution < -0.4 is 20.7 Å². The molecule has 4 rings (SSSR count). The quantitative estimate of drug-likeness (QED) is 0.0366. The second kappa shape index (κ2) is 20.0. The number of allylic oxidation sites excluding steroid dienone is 3. The summed E-state index contributed by atoms with van der Waals surface area (Å²) in [6, 6.07) is 7.14. The summed E-state index contributed by atoms with van der Waals surface area (Å²) < 4.78 is 15.3. The molecule has 0 amide bonds. The van der Waals surface area contributed by atoms with Crippen molar-refractivity contribution in [2.75, 3.05) is 13.6 Å². The van der Waals surface area contributed by atoms with Crippen molar-refractivity contribution in [3.05, 3.63) is 96.9 Å². The van der Waals surface area contributed by atoms with E-state index >= 15 is 0 Å². The van der Waals surface area contributed by atoms with E-state index in [1.807, 2.05) is 13.0 Å². The lowest BCUT2D eigenvalue weighted by Crippen LogP contribution is -2.41. The number of unbranched alkanes of at least 4 members (excludes halogenated alkanes) is 2.